The molecule has 192 valence electrons. The zero-order valence-corrected chi connectivity index (χ0v) is 21.8. The molecule has 3 aromatic carbocycles. The second-order valence-electron chi connectivity index (χ2n) is 8.49. The largest absolute Gasteiger partial charge is 0.438 e. The van der Waals surface area contributed by atoms with Crippen molar-refractivity contribution in [2.24, 2.45) is 5.73 Å². The van der Waals surface area contributed by atoms with E-state index in [4.69, 9.17) is 10.2 Å². The molecule has 9 heteroatoms. The Balaban J connectivity index is 0.00000380. The number of nitrogens with two attached hydrogens (primary N) is 1. The third kappa shape index (κ3) is 7.57. The molecule has 4 N–H and O–H groups in total. The fraction of sp³-hybridized carbons (Fsp3) is 0.250. The normalized spacial score (nSPS) is 13.2. The van der Waals surface area contributed by atoms with Crippen molar-refractivity contribution in [2.45, 2.75) is 36.8 Å². The first-order valence-electron chi connectivity index (χ1n) is 11.7. The average molecular weight is 537 g/mol. The summed E-state index contributed by atoms with van der Waals surface area (Å²) in [6.45, 7) is 0. The van der Waals surface area contributed by atoms with Gasteiger partial charge in [0.15, 0.2) is 11.7 Å². The smallest absolute Gasteiger partial charge is 0.238 e. The van der Waals surface area contributed by atoms with Crippen LogP contribution in [-0.4, -0.2) is 33.8 Å². The van der Waals surface area contributed by atoms with E-state index in [2.05, 4.69) is 16.4 Å². The number of carbonyl (C=O) groups is 1. The number of nitrogens with one attached hydrogen (secondary N) is 1. The standard InChI is InChI=1S/C28H28N4O3S.ClH/c29-16-20-10-4-5-11-21(20)17-36-18-22(30)27(34)31-24(15-14-19-8-2-1-3-9-19)26(33)28-32-23-12-6-7-13-25(23)35-28;/h1-13,22,24,26,33H,14-15,17-18,30H2,(H,31,34);1H/t22-,24-,26?;/m0./s1. The lowest BCUT2D eigenvalue weighted by Gasteiger charge is -2.24. The first-order chi connectivity index (χ1) is 17.5. The van der Waals surface area contributed by atoms with Gasteiger partial charge in [-0.25, -0.2) is 4.98 Å². The Hall–Kier alpha value is -3.35. The van der Waals surface area contributed by atoms with E-state index in [1.54, 1.807) is 12.1 Å². The number of hydrogen-bond acceptors (Lipinski definition) is 7. The number of para-hydroxylation sites is 2. The average Bonchev–Trinajstić information content (AvgIpc) is 3.35. The highest BCUT2D eigenvalue weighted by Crippen LogP contribution is 2.25. The van der Waals surface area contributed by atoms with Crippen LogP contribution in [0.2, 0.25) is 0 Å². The molecule has 3 atom stereocenters. The number of hydrogen-bond donors (Lipinski definition) is 3. The quantitative estimate of drug-likeness (QED) is 0.257. The van der Waals surface area contributed by atoms with Crippen LogP contribution in [0, 0.1) is 11.3 Å². The van der Waals surface area contributed by atoms with Gasteiger partial charge in [-0.05, 0) is 42.2 Å². The number of carbonyl (C=O) groups excluding carboxylic acids is 1. The Morgan fingerprint density at radius 3 is 2.54 bits per heavy atom. The molecular formula is C28H29ClN4O3S. The van der Waals surface area contributed by atoms with E-state index in [0.29, 0.717) is 41.0 Å². The minimum Gasteiger partial charge on any atom is -0.438 e. The molecule has 1 heterocycles. The number of rotatable bonds is 11. The van der Waals surface area contributed by atoms with E-state index < -0.39 is 18.2 Å². The molecule has 7 nitrogen and oxygen atoms in total. The molecule has 0 spiro atoms. The molecule has 1 aromatic heterocycles. The lowest BCUT2D eigenvalue weighted by atomic mass is 10.0. The number of thioether (sulfide) groups is 1. The number of benzene rings is 3. The molecule has 0 saturated carbocycles. The number of nitriles is 1. The number of aliphatic hydroxyl groups is 1. The van der Waals surface area contributed by atoms with Crippen LogP contribution in [0.4, 0.5) is 0 Å². The van der Waals surface area contributed by atoms with E-state index in [0.717, 1.165) is 11.1 Å². The van der Waals surface area contributed by atoms with Crippen LogP contribution in [0.5, 0.6) is 0 Å². The van der Waals surface area contributed by atoms with Gasteiger partial charge in [-0.15, -0.1) is 12.4 Å². The molecule has 1 unspecified atom stereocenters. The zero-order valence-electron chi connectivity index (χ0n) is 20.1. The second kappa shape index (κ2) is 13.8. The summed E-state index contributed by atoms with van der Waals surface area (Å²) in [5, 5.41) is 23.3. The van der Waals surface area contributed by atoms with Crippen molar-refractivity contribution in [2.75, 3.05) is 5.75 Å². The second-order valence-corrected chi connectivity index (χ2v) is 9.52. The number of aliphatic hydroxyl groups excluding tert-OH is 1. The molecule has 0 aliphatic heterocycles. The van der Waals surface area contributed by atoms with E-state index in [-0.39, 0.29) is 24.2 Å². The number of aryl methyl sites for hydroxylation is 1. The zero-order chi connectivity index (χ0) is 25.3. The molecular weight excluding hydrogens is 508 g/mol. The third-order valence-electron chi connectivity index (χ3n) is 5.89. The molecule has 37 heavy (non-hydrogen) atoms. The van der Waals surface area contributed by atoms with Gasteiger partial charge in [0, 0.05) is 11.5 Å². The van der Waals surface area contributed by atoms with Gasteiger partial charge < -0.3 is 20.6 Å². The van der Waals surface area contributed by atoms with Gasteiger partial charge in [-0.1, -0.05) is 60.7 Å². The molecule has 1 amide bonds. The molecule has 4 aromatic rings. The van der Waals surface area contributed by atoms with Gasteiger partial charge in [0.2, 0.25) is 11.8 Å². The van der Waals surface area contributed by atoms with Crippen LogP contribution in [0.1, 0.15) is 35.1 Å². The first-order valence-corrected chi connectivity index (χ1v) is 12.9. The lowest BCUT2D eigenvalue weighted by Crippen LogP contribution is -2.48. The predicted octanol–water partition coefficient (Wildman–Crippen LogP) is 4.53. The van der Waals surface area contributed by atoms with Crippen molar-refractivity contribution in [1.29, 1.82) is 5.26 Å². The summed E-state index contributed by atoms with van der Waals surface area (Å²) >= 11 is 1.49. The van der Waals surface area contributed by atoms with Crippen LogP contribution < -0.4 is 11.1 Å². The summed E-state index contributed by atoms with van der Waals surface area (Å²) in [5.41, 5.74) is 10.0. The first kappa shape index (κ1) is 28.2. The Bertz CT molecular complexity index is 1310. The number of nitrogens with zero attached hydrogens (tertiary/aromatic N) is 2. The van der Waals surface area contributed by atoms with Gasteiger partial charge in [-0.3, -0.25) is 4.79 Å². The van der Waals surface area contributed by atoms with Crippen LogP contribution in [0.25, 0.3) is 11.1 Å². The van der Waals surface area contributed by atoms with E-state index >= 15 is 0 Å². The van der Waals surface area contributed by atoms with Gasteiger partial charge in [0.1, 0.15) is 5.52 Å². The SMILES string of the molecule is Cl.N#Cc1ccccc1CSC[C@H](N)C(=O)N[C@@H](CCc1ccccc1)C(O)c1nc2ccccc2o1. The minimum absolute atomic E-state index is 0. The molecule has 0 aliphatic rings. The summed E-state index contributed by atoms with van der Waals surface area (Å²) in [4.78, 5) is 17.4. The highest BCUT2D eigenvalue weighted by molar-refractivity contribution is 7.98. The van der Waals surface area contributed by atoms with E-state index in [1.807, 2.05) is 66.7 Å². The molecule has 0 aliphatic carbocycles. The van der Waals surface area contributed by atoms with E-state index in [9.17, 15) is 15.2 Å². The van der Waals surface area contributed by atoms with Crippen LogP contribution in [0.15, 0.2) is 83.3 Å². The topological polar surface area (TPSA) is 125 Å². The van der Waals surface area contributed by atoms with Crippen molar-refractivity contribution in [3.05, 3.63) is 101 Å². The Kier molecular flexibility index (Phi) is 10.5. The fourth-order valence-electron chi connectivity index (χ4n) is 3.88. The number of fused-ring (bicyclic) bond motifs is 1. The number of halogens is 1. The van der Waals surface area contributed by atoms with Gasteiger partial charge >= 0.3 is 0 Å². The summed E-state index contributed by atoms with van der Waals surface area (Å²) in [6.07, 6.45) is -0.00398. The van der Waals surface area contributed by atoms with Crippen molar-refractivity contribution in [3.63, 3.8) is 0 Å². The summed E-state index contributed by atoms with van der Waals surface area (Å²) in [7, 11) is 0. The monoisotopic (exact) mass is 536 g/mol. The maximum atomic E-state index is 13.0. The molecule has 0 saturated heterocycles. The third-order valence-corrected chi connectivity index (χ3v) is 7.00. The van der Waals surface area contributed by atoms with E-state index in [1.165, 1.54) is 11.8 Å². The Morgan fingerprint density at radius 2 is 1.78 bits per heavy atom. The molecule has 0 fully saturated rings. The number of amides is 1. The van der Waals surface area contributed by atoms with Crippen molar-refractivity contribution in [3.8, 4) is 6.07 Å². The Morgan fingerprint density at radius 1 is 1.08 bits per heavy atom. The van der Waals surface area contributed by atoms with Crippen molar-refractivity contribution >= 4 is 41.2 Å². The minimum atomic E-state index is -1.13. The summed E-state index contributed by atoms with van der Waals surface area (Å²) in [6, 6.07) is 25.3. The maximum absolute atomic E-state index is 13.0. The predicted molar refractivity (Wildman–Crippen MR) is 148 cm³/mol. The van der Waals surface area contributed by atoms with Gasteiger partial charge in [0.25, 0.3) is 0 Å². The maximum Gasteiger partial charge on any atom is 0.238 e. The summed E-state index contributed by atoms with van der Waals surface area (Å²) in [5.74, 6) is 0.749. The van der Waals surface area contributed by atoms with Crippen LogP contribution in [-0.2, 0) is 17.0 Å². The highest BCUT2D eigenvalue weighted by Gasteiger charge is 2.28. The van der Waals surface area contributed by atoms with Crippen LogP contribution >= 0.6 is 24.2 Å². The summed E-state index contributed by atoms with van der Waals surface area (Å²) < 4.78 is 5.77. The fourth-order valence-corrected chi connectivity index (χ4v) is 4.88. The van der Waals surface area contributed by atoms with Gasteiger partial charge in [-0.2, -0.15) is 17.0 Å². The van der Waals surface area contributed by atoms with Crippen LogP contribution in [0.3, 0.4) is 0 Å². The highest BCUT2D eigenvalue weighted by atomic mass is 35.5. The molecule has 0 bridgehead atoms. The number of oxazole rings is 1. The lowest BCUT2D eigenvalue weighted by molar-refractivity contribution is -0.123. The molecule has 4 rings (SSSR count). The van der Waals surface area contributed by atoms with Gasteiger partial charge in [0.05, 0.1) is 23.7 Å². The van der Waals surface area contributed by atoms with Crippen molar-refractivity contribution < 1.29 is 14.3 Å². The molecule has 0 radical (unpaired) electrons. The van der Waals surface area contributed by atoms with Crippen molar-refractivity contribution in [1.82, 2.24) is 10.3 Å². The Labute approximate surface area is 226 Å². The number of aromatic nitrogens is 1.